The lowest BCUT2D eigenvalue weighted by Crippen LogP contribution is -2.25. The van der Waals surface area contributed by atoms with E-state index < -0.39 is 0 Å². The van der Waals surface area contributed by atoms with Crippen molar-refractivity contribution in [2.45, 2.75) is 71.8 Å². The van der Waals surface area contributed by atoms with Crippen molar-refractivity contribution in [2.75, 3.05) is 13.1 Å². The van der Waals surface area contributed by atoms with Crippen molar-refractivity contribution in [2.24, 2.45) is 0 Å². The second-order valence-corrected chi connectivity index (χ2v) is 11.5. The zero-order chi connectivity index (χ0) is 29.5. The van der Waals surface area contributed by atoms with E-state index in [0.29, 0.717) is 30.0 Å². The average molecular weight is 566 g/mol. The van der Waals surface area contributed by atoms with Crippen molar-refractivity contribution in [3.8, 4) is 39.9 Å². The molecule has 42 heavy (non-hydrogen) atoms. The summed E-state index contributed by atoms with van der Waals surface area (Å²) >= 11 is 0. The molecule has 0 spiro atoms. The lowest BCUT2D eigenvalue weighted by molar-refractivity contribution is 0.254. The third-order valence-corrected chi connectivity index (χ3v) is 8.29. The van der Waals surface area contributed by atoms with Crippen LogP contribution in [0.2, 0.25) is 0 Å². The molecule has 5 heteroatoms. The molecule has 0 radical (unpaired) electrons. The van der Waals surface area contributed by atoms with Gasteiger partial charge in [0, 0.05) is 23.2 Å². The van der Waals surface area contributed by atoms with Gasteiger partial charge >= 0.3 is 0 Å². The third kappa shape index (κ3) is 7.08. The van der Waals surface area contributed by atoms with E-state index in [0.717, 1.165) is 91.4 Å². The topological polar surface area (TPSA) is 73.2 Å². The van der Waals surface area contributed by atoms with Gasteiger partial charge in [-0.05, 0) is 104 Å². The molecule has 0 amide bonds. The monoisotopic (exact) mass is 565 g/mol. The molecular formula is C37H43NO4. The maximum atomic E-state index is 11.8. The number of unbranched alkanes of at least 4 members (excludes halogenated alkanes) is 2. The van der Waals surface area contributed by atoms with Crippen LogP contribution >= 0.6 is 0 Å². The summed E-state index contributed by atoms with van der Waals surface area (Å²) in [6, 6.07) is 23.4. The van der Waals surface area contributed by atoms with Crippen molar-refractivity contribution >= 4 is 0 Å². The van der Waals surface area contributed by atoms with Crippen molar-refractivity contribution in [1.82, 2.24) is 4.90 Å². The Morgan fingerprint density at radius 2 is 1.31 bits per heavy atom. The molecule has 0 saturated carbocycles. The second-order valence-electron chi connectivity index (χ2n) is 11.5. The third-order valence-electron chi connectivity index (χ3n) is 8.29. The highest BCUT2D eigenvalue weighted by atomic mass is 16.5. The van der Waals surface area contributed by atoms with Crippen molar-refractivity contribution < 1.29 is 20.1 Å². The number of aryl methyl sites for hydroxylation is 4. The first-order valence-corrected chi connectivity index (χ1v) is 15.4. The maximum Gasteiger partial charge on any atom is 0.169 e. The summed E-state index contributed by atoms with van der Waals surface area (Å²) < 4.78 is 6.03. The van der Waals surface area contributed by atoms with Crippen molar-refractivity contribution in [3.63, 3.8) is 0 Å². The molecule has 4 aliphatic heterocycles. The number of benzene rings is 4. The van der Waals surface area contributed by atoms with E-state index in [9.17, 15) is 15.3 Å². The Bertz CT molecular complexity index is 1490. The van der Waals surface area contributed by atoms with E-state index >= 15 is 0 Å². The van der Waals surface area contributed by atoms with Gasteiger partial charge in [-0.2, -0.15) is 0 Å². The Balaban J connectivity index is 1.54. The van der Waals surface area contributed by atoms with E-state index in [1.165, 1.54) is 0 Å². The van der Waals surface area contributed by atoms with Gasteiger partial charge in [-0.15, -0.1) is 0 Å². The Morgan fingerprint density at radius 1 is 0.667 bits per heavy atom. The van der Waals surface area contributed by atoms with Crippen molar-refractivity contribution in [1.29, 1.82) is 0 Å². The molecule has 3 N–H and O–H groups in total. The molecular weight excluding hydrogens is 522 g/mol. The summed E-state index contributed by atoms with van der Waals surface area (Å²) in [6.45, 7) is 7.13. The summed E-state index contributed by atoms with van der Waals surface area (Å²) in [5.74, 6) is 1.65. The molecule has 0 saturated heterocycles. The minimum absolute atomic E-state index is 0.105. The van der Waals surface area contributed by atoms with Crippen LogP contribution in [0.3, 0.4) is 0 Å². The molecule has 4 heterocycles. The molecule has 220 valence electrons. The SMILES string of the molecule is CCCCN(CCCC)Cc1ccc2c(c1O)-c1ccc(cc1O)CCc1ccc(O)c(c1)Oc1ccc(cc1)CC2. The molecule has 5 nitrogen and oxygen atoms in total. The Labute approximate surface area is 250 Å². The minimum Gasteiger partial charge on any atom is -0.507 e. The van der Waals surface area contributed by atoms with Gasteiger partial charge in [0.1, 0.15) is 17.2 Å². The lowest BCUT2D eigenvalue weighted by atomic mass is 9.90. The fourth-order valence-electron chi connectivity index (χ4n) is 5.75. The van der Waals surface area contributed by atoms with Crippen LogP contribution in [0, 0.1) is 0 Å². The first kappa shape index (κ1) is 29.5. The standard InChI is InChI=1S/C37H43NO4/c1-3-5-21-38(22-6-4-2)25-30-16-15-29-14-9-26-10-17-31(18-11-26)42-35-24-28(13-20-33(35)39)8-7-27-12-19-32(34(40)23-27)36(29)37(30)41/h10-13,15-20,23-24,39-41H,3-9,14,21-22,25H2,1-2H3. The lowest BCUT2D eigenvalue weighted by Gasteiger charge is -2.24. The highest BCUT2D eigenvalue weighted by Crippen LogP contribution is 2.42. The summed E-state index contributed by atoms with van der Waals surface area (Å²) in [6.07, 6.45) is 7.47. The van der Waals surface area contributed by atoms with Crippen LogP contribution in [0.15, 0.2) is 72.8 Å². The molecule has 0 atom stereocenters. The number of rotatable bonds is 8. The predicted molar refractivity (Wildman–Crippen MR) is 170 cm³/mol. The molecule has 6 bridgehead atoms. The number of hydrogen-bond donors (Lipinski definition) is 3. The molecule has 4 aromatic rings. The van der Waals surface area contributed by atoms with Crippen LogP contribution in [-0.2, 0) is 32.2 Å². The first-order valence-electron chi connectivity index (χ1n) is 15.4. The zero-order valence-electron chi connectivity index (χ0n) is 24.9. The second kappa shape index (κ2) is 13.8. The summed E-state index contributed by atoms with van der Waals surface area (Å²) in [5.41, 5.74) is 6.48. The van der Waals surface area contributed by atoms with Crippen LogP contribution in [0.1, 0.15) is 67.3 Å². The van der Waals surface area contributed by atoms with Gasteiger partial charge in [-0.3, -0.25) is 4.90 Å². The number of phenols is 3. The smallest absolute Gasteiger partial charge is 0.169 e. The number of hydrogen-bond acceptors (Lipinski definition) is 5. The van der Waals surface area contributed by atoms with Crippen LogP contribution < -0.4 is 4.74 Å². The van der Waals surface area contributed by atoms with Gasteiger partial charge in [0.05, 0.1) is 0 Å². The quantitative estimate of drug-likeness (QED) is 0.200. The first-order chi connectivity index (χ1) is 20.4. The predicted octanol–water partition coefficient (Wildman–Crippen LogP) is 8.55. The highest BCUT2D eigenvalue weighted by Gasteiger charge is 2.20. The summed E-state index contributed by atoms with van der Waals surface area (Å²) in [5, 5.41) is 33.4. The fourth-order valence-corrected chi connectivity index (χ4v) is 5.75. The minimum atomic E-state index is 0.105. The van der Waals surface area contributed by atoms with Gasteiger partial charge in [0.25, 0.3) is 0 Å². The molecule has 4 aliphatic rings. The van der Waals surface area contributed by atoms with Crippen LogP contribution in [0.4, 0.5) is 0 Å². The van der Waals surface area contributed by atoms with Gasteiger partial charge in [0.2, 0.25) is 0 Å². The number of phenolic OH excluding ortho intramolecular Hbond substituents is 3. The van der Waals surface area contributed by atoms with Gasteiger partial charge in [-0.1, -0.05) is 69.2 Å². The molecule has 0 fully saturated rings. The van der Waals surface area contributed by atoms with Gasteiger partial charge in [-0.25, -0.2) is 0 Å². The summed E-state index contributed by atoms with van der Waals surface area (Å²) in [4.78, 5) is 2.44. The normalized spacial score (nSPS) is 13.0. The molecule has 8 rings (SSSR count). The Morgan fingerprint density at radius 3 is 2.00 bits per heavy atom. The zero-order valence-corrected chi connectivity index (χ0v) is 24.9. The molecule has 4 aromatic carbocycles. The van der Waals surface area contributed by atoms with E-state index in [2.05, 4.69) is 30.9 Å². The number of ether oxygens (including phenoxy) is 1. The van der Waals surface area contributed by atoms with E-state index in [4.69, 9.17) is 4.74 Å². The summed E-state index contributed by atoms with van der Waals surface area (Å²) in [7, 11) is 0. The Kier molecular flexibility index (Phi) is 9.70. The largest absolute Gasteiger partial charge is 0.507 e. The van der Waals surface area contributed by atoms with E-state index in [1.807, 2.05) is 54.6 Å². The van der Waals surface area contributed by atoms with Crippen LogP contribution in [0.5, 0.6) is 28.7 Å². The molecule has 0 aromatic heterocycles. The fraction of sp³-hybridized carbons (Fsp3) is 0.351. The molecule has 0 aliphatic carbocycles. The van der Waals surface area contributed by atoms with Gasteiger partial charge in [0.15, 0.2) is 11.5 Å². The van der Waals surface area contributed by atoms with Gasteiger partial charge < -0.3 is 20.1 Å². The van der Waals surface area contributed by atoms with Crippen LogP contribution in [0.25, 0.3) is 11.1 Å². The average Bonchev–Trinajstić information content (AvgIpc) is 2.99. The maximum absolute atomic E-state index is 11.8. The van der Waals surface area contributed by atoms with Crippen LogP contribution in [-0.4, -0.2) is 33.3 Å². The van der Waals surface area contributed by atoms with E-state index in [1.54, 1.807) is 6.07 Å². The number of nitrogens with zero attached hydrogens (tertiary/aromatic N) is 1. The number of aromatic hydroxyl groups is 3. The van der Waals surface area contributed by atoms with E-state index in [-0.39, 0.29) is 17.2 Å². The highest BCUT2D eigenvalue weighted by molar-refractivity contribution is 5.80. The Hall–Kier alpha value is -3.96. The van der Waals surface area contributed by atoms with Crippen molar-refractivity contribution in [3.05, 3.63) is 101 Å². The molecule has 0 unspecified atom stereocenters.